The summed E-state index contributed by atoms with van der Waals surface area (Å²) in [6, 6.07) is 13.8. The summed E-state index contributed by atoms with van der Waals surface area (Å²) < 4.78 is 5.58. The molecule has 4 rings (SSSR count). The normalized spacial score (nSPS) is 19.4. The smallest absolute Gasteiger partial charge is 0.273 e. The van der Waals surface area contributed by atoms with Crippen molar-refractivity contribution in [2.24, 2.45) is 5.73 Å². The molecule has 7 heteroatoms. The Morgan fingerprint density at radius 3 is 2.69 bits per heavy atom. The van der Waals surface area contributed by atoms with E-state index in [0.717, 1.165) is 10.8 Å². The zero-order chi connectivity index (χ0) is 17.4. The third kappa shape index (κ3) is 3.53. The van der Waals surface area contributed by atoms with Crippen molar-refractivity contribution in [1.82, 2.24) is 9.88 Å². The van der Waals surface area contributed by atoms with Crippen LogP contribution < -0.4 is 5.73 Å². The van der Waals surface area contributed by atoms with Gasteiger partial charge >= 0.3 is 0 Å². The predicted octanol–water partition coefficient (Wildman–Crippen LogP) is 3.70. The van der Waals surface area contributed by atoms with Crippen LogP contribution in [0.1, 0.15) is 27.7 Å². The summed E-state index contributed by atoms with van der Waals surface area (Å²) in [5.74, 6) is 1.62. The average molecular weight is 390 g/mol. The number of furan rings is 1. The quantitative estimate of drug-likeness (QED) is 0.741. The van der Waals surface area contributed by atoms with Crippen LogP contribution in [0.4, 0.5) is 0 Å². The van der Waals surface area contributed by atoms with E-state index in [-0.39, 0.29) is 30.3 Å². The molecule has 26 heavy (non-hydrogen) atoms. The Hall–Kier alpha value is -2.15. The zero-order valence-electron chi connectivity index (χ0n) is 14.3. The second kappa shape index (κ2) is 7.61. The van der Waals surface area contributed by atoms with E-state index in [0.29, 0.717) is 24.5 Å². The van der Waals surface area contributed by atoms with Crippen LogP contribution in [0.25, 0.3) is 10.8 Å². The maximum Gasteiger partial charge on any atom is 0.273 e. The molecule has 0 radical (unpaired) electrons. The number of aryl methyl sites for hydroxylation is 1. The van der Waals surface area contributed by atoms with E-state index in [1.54, 1.807) is 10.3 Å². The van der Waals surface area contributed by atoms with Crippen molar-refractivity contribution in [2.75, 3.05) is 13.1 Å². The average Bonchev–Trinajstić information content (AvgIpc) is 3.34. The van der Waals surface area contributed by atoms with Crippen molar-refractivity contribution in [3.8, 4) is 10.8 Å². The minimum Gasteiger partial charge on any atom is -0.459 e. The molecule has 0 saturated carbocycles. The first-order valence-electron chi connectivity index (χ1n) is 8.24. The summed E-state index contributed by atoms with van der Waals surface area (Å²) in [4.78, 5) is 19.1. The number of halogens is 1. The number of carbonyl (C=O) groups is 1. The van der Waals surface area contributed by atoms with Gasteiger partial charge in [-0.2, -0.15) is 0 Å². The molecule has 136 valence electrons. The van der Waals surface area contributed by atoms with Crippen LogP contribution >= 0.6 is 23.7 Å². The van der Waals surface area contributed by atoms with Crippen LogP contribution in [-0.4, -0.2) is 34.9 Å². The number of nitrogens with two attached hydrogens (primary N) is 1. The number of likely N-dealkylation sites (tertiary alicyclic amines) is 1. The molecule has 0 bridgehead atoms. The Labute approximate surface area is 162 Å². The van der Waals surface area contributed by atoms with Crippen molar-refractivity contribution in [2.45, 2.75) is 18.9 Å². The Morgan fingerprint density at radius 1 is 1.23 bits per heavy atom. The molecule has 1 aliphatic rings. The number of nitrogens with zero attached hydrogens (tertiary/aromatic N) is 2. The van der Waals surface area contributed by atoms with E-state index >= 15 is 0 Å². The number of aromatic nitrogens is 1. The molecular weight excluding hydrogens is 370 g/mol. The first kappa shape index (κ1) is 18.6. The molecule has 2 atom stereocenters. The maximum atomic E-state index is 12.8. The van der Waals surface area contributed by atoms with Gasteiger partial charge in [0.05, 0.1) is 0 Å². The summed E-state index contributed by atoms with van der Waals surface area (Å²) in [5, 5.41) is 2.51. The van der Waals surface area contributed by atoms with Gasteiger partial charge in [0.25, 0.3) is 5.91 Å². The summed E-state index contributed by atoms with van der Waals surface area (Å²) in [6.07, 6.45) is 0. The predicted molar refractivity (Wildman–Crippen MR) is 105 cm³/mol. The van der Waals surface area contributed by atoms with Gasteiger partial charge in [0.2, 0.25) is 0 Å². The number of hydrogen-bond acceptors (Lipinski definition) is 5. The second-order valence-electron chi connectivity index (χ2n) is 6.34. The summed E-state index contributed by atoms with van der Waals surface area (Å²) in [6.45, 7) is 3.06. The molecule has 1 aliphatic heterocycles. The van der Waals surface area contributed by atoms with Crippen LogP contribution in [0.5, 0.6) is 0 Å². The van der Waals surface area contributed by atoms with Crippen molar-refractivity contribution >= 4 is 29.7 Å². The molecule has 2 N–H and O–H groups in total. The van der Waals surface area contributed by atoms with Gasteiger partial charge in [0.15, 0.2) is 10.8 Å². The molecule has 1 saturated heterocycles. The minimum absolute atomic E-state index is 0. The number of amides is 1. The largest absolute Gasteiger partial charge is 0.459 e. The fourth-order valence-corrected chi connectivity index (χ4v) is 4.00. The minimum atomic E-state index is -0.0698. The van der Waals surface area contributed by atoms with Gasteiger partial charge in [-0.25, -0.2) is 4.98 Å². The highest BCUT2D eigenvalue weighted by atomic mass is 35.5. The lowest BCUT2D eigenvalue weighted by molar-refractivity contribution is 0.0784. The highest BCUT2D eigenvalue weighted by Gasteiger charge is 2.35. The van der Waals surface area contributed by atoms with Gasteiger partial charge in [0, 0.05) is 30.4 Å². The van der Waals surface area contributed by atoms with Gasteiger partial charge in [-0.3, -0.25) is 4.79 Å². The molecule has 3 aromatic rings. The van der Waals surface area contributed by atoms with Crippen molar-refractivity contribution in [3.05, 3.63) is 64.9 Å². The van der Waals surface area contributed by atoms with Gasteiger partial charge in [-0.1, -0.05) is 30.3 Å². The Morgan fingerprint density at radius 2 is 2.00 bits per heavy atom. The van der Waals surface area contributed by atoms with E-state index in [9.17, 15) is 4.79 Å². The SMILES string of the molecule is Cc1ccc(-c2nc(C(=O)N3C[C@@H](N)[C@H](c4ccccc4)C3)cs2)o1.Cl. The molecule has 2 aromatic heterocycles. The Kier molecular flexibility index (Phi) is 5.46. The monoisotopic (exact) mass is 389 g/mol. The van der Waals surface area contributed by atoms with Crippen molar-refractivity contribution in [1.29, 1.82) is 0 Å². The van der Waals surface area contributed by atoms with Crippen LogP contribution in [0.3, 0.4) is 0 Å². The standard InChI is InChI=1S/C19H19N3O2S.ClH/c1-12-7-8-17(24-12)18-21-16(11-25-18)19(23)22-9-14(15(20)10-22)13-5-3-2-4-6-13;/h2-8,11,14-15H,9-10,20H2,1H3;1H/t14-,15+;/m0./s1. The molecule has 1 amide bonds. The van der Waals surface area contributed by atoms with Crippen molar-refractivity contribution < 1.29 is 9.21 Å². The molecule has 1 aromatic carbocycles. The lowest BCUT2D eigenvalue weighted by atomic mass is 9.95. The third-order valence-electron chi connectivity index (χ3n) is 4.55. The van der Waals surface area contributed by atoms with E-state index in [1.807, 2.05) is 37.3 Å². The molecule has 5 nitrogen and oxygen atoms in total. The van der Waals surface area contributed by atoms with E-state index < -0.39 is 0 Å². The van der Waals surface area contributed by atoms with E-state index in [1.165, 1.54) is 16.9 Å². The molecular formula is C19H20ClN3O2S. The lowest BCUT2D eigenvalue weighted by Crippen LogP contribution is -2.32. The number of carbonyl (C=O) groups excluding carboxylic acids is 1. The van der Waals surface area contributed by atoms with Crippen LogP contribution in [-0.2, 0) is 0 Å². The van der Waals surface area contributed by atoms with E-state index in [4.69, 9.17) is 10.2 Å². The van der Waals surface area contributed by atoms with Gasteiger partial charge in [0.1, 0.15) is 11.5 Å². The molecule has 1 fully saturated rings. The third-order valence-corrected chi connectivity index (χ3v) is 5.41. The maximum absolute atomic E-state index is 12.8. The van der Waals surface area contributed by atoms with E-state index in [2.05, 4.69) is 17.1 Å². The fraction of sp³-hybridized carbons (Fsp3) is 0.263. The Bertz CT molecular complexity index is 893. The molecule has 3 heterocycles. The molecule has 0 unspecified atom stereocenters. The van der Waals surface area contributed by atoms with Crippen molar-refractivity contribution in [3.63, 3.8) is 0 Å². The highest BCUT2D eigenvalue weighted by Crippen LogP contribution is 2.29. The first-order valence-corrected chi connectivity index (χ1v) is 9.12. The lowest BCUT2D eigenvalue weighted by Gasteiger charge is -2.15. The first-order chi connectivity index (χ1) is 12.1. The zero-order valence-corrected chi connectivity index (χ0v) is 15.9. The van der Waals surface area contributed by atoms with Gasteiger partial charge < -0.3 is 15.1 Å². The summed E-state index contributed by atoms with van der Waals surface area (Å²) in [7, 11) is 0. The summed E-state index contributed by atoms with van der Waals surface area (Å²) >= 11 is 1.42. The van der Waals surface area contributed by atoms with Gasteiger partial charge in [-0.15, -0.1) is 23.7 Å². The van der Waals surface area contributed by atoms with Crippen LogP contribution in [0.2, 0.25) is 0 Å². The topological polar surface area (TPSA) is 72.4 Å². The number of thiazole rings is 1. The number of hydrogen-bond donors (Lipinski definition) is 1. The van der Waals surface area contributed by atoms with Crippen LogP contribution in [0, 0.1) is 6.92 Å². The molecule has 0 spiro atoms. The number of benzene rings is 1. The Balaban J connectivity index is 0.00000196. The highest BCUT2D eigenvalue weighted by molar-refractivity contribution is 7.13. The van der Waals surface area contributed by atoms with Crippen LogP contribution in [0.15, 0.2) is 52.3 Å². The second-order valence-corrected chi connectivity index (χ2v) is 7.20. The molecule has 0 aliphatic carbocycles. The summed E-state index contributed by atoms with van der Waals surface area (Å²) in [5.41, 5.74) is 7.92. The fourth-order valence-electron chi connectivity index (χ4n) is 3.24. The number of rotatable bonds is 3. The van der Waals surface area contributed by atoms with Gasteiger partial charge in [-0.05, 0) is 24.6 Å².